The first-order valence-electron chi connectivity index (χ1n) is 7.26. The fraction of sp³-hybridized carbons (Fsp3) is 0. The van der Waals surface area contributed by atoms with Gasteiger partial charge in [0.15, 0.2) is 7.14 Å². The van der Waals surface area contributed by atoms with Crippen LogP contribution in [0.25, 0.3) is 0 Å². The van der Waals surface area contributed by atoms with Crippen LogP contribution in [-0.4, -0.2) is 10.2 Å². The van der Waals surface area contributed by atoms with E-state index in [1.807, 2.05) is 6.07 Å². The monoisotopic (exact) mass is 340 g/mol. The number of hydrogen-bond donors (Lipinski definition) is 4. The number of hydrogen-bond acceptors (Lipinski definition) is 5. The van der Waals surface area contributed by atoms with Crippen LogP contribution in [0.1, 0.15) is 0 Å². The Morgan fingerprint density at radius 1 is 0.667 bits per heavy atom. The highest BCUT2D eigenvalue weighted by Crippen LogP contribution is 2.44. The average molecular weight is 340 g/mol. The first-order valence-corrected chi connectivity index (χ1v) is 8.97. The van der Waals surface area contributed by atoms with Gasteiger partial charge in [0.1, 0.15) is 11.5 Å². The Bertz CT molecular complexity index is 887. The maximum absolute atomic E-state index is 14.1. The summed E-state index contributed by atoms with van der Waals surface area (Å²) in [6.45, 7) is 0. The molecule has 0 heterocycles. The SMILES string of the molecule is Nc1cc(P(=O)(c2ccccc2)c2ccc(O)c(N)c2)ccc1O. The minimum absolute atomic E-state index is 0.0661. The first-order chi connectivity index (χ1) is 11.4. The molecule has 6 N–H and O–H groups in total. The van der Waals surface area contributed by atoms with Crippen LogP contribution in [0.3, 0.4) is 0 Å². The predicted octanol–water partition coefficient (Wildman–Crippen LogP) is 1.90. The molecule has 0 aliphatic rings. The summed E-state index contributed by atoms with van der Waals surface area (Å²) in [5.41, 5.74) is 11.9. The second-order valence-corrected chi connectivity index (χ2v) is 8.20. The van der Waals surface area contributed by atoms with E-state index in [4.69, 9.17) is 11.5 Å². The van der Waals surface area contributed by atoms with Crippen LogP contribution in [0.5, 0.6) is 11.5 Å². The third-order valence-electron chi connectivity index (χ3n) is 3.87. The minimum atomic E-state index is -3.25. The standard InChI is InChI=1S/C18H17N2O3P/c19-15-10-13(6-8-17(15)21)24(23,12-4-2-1-3-5-12)14-7-9-18(22)16(20)11-14/h1-11,21-22H,19-20H2. The van der Waals surface area contributed by atoms with Gasteiger partial charge in [-0.3, -0.25) is 0 Å². The molecule has 0 atom stereocenters. The van der Waals surface area contributed by atoms with Gasteiger partial charge >= 0.3 is 0 Å². The second-order valence-electron chi connectivity index (χ2n) is 5.43. The van der Waals surface area contributed by atoms with Crippen molar-refractivity contribution in [3.63, 3.8) is 0 Å². The van der Waals surface area contributed by atoms with Crippen molar-refractivity contribution in [2.45, 2.75) is 0 Å². The van der Waals surface area contributed by atoms with E-state index in [0.717, 1.165) is 0 Å². The highest BCUT2D eigenvalue weighted by atomic mass is 31.2. The van der Waals surface area contributed by atoms with Gasteiger partial charge < -0.3 is 26.2 Å². The summed E-state index contributed by atoms with van der Waals surface area (Å²) in [6.07, 6.45) is 0. The maximum atomic E-state index is 14.1. The first kappa shape index (κ1) is 16.0. The van der Waals surface area contributed by atoms with Crippen molar-refractivity contribution in [2.24, 2.45) is 0 Å². The normalized spacial score (nSPS) is 11.3. The molecule has 3 aromatic carbocycles. The Balaban J connectivity index is 2.31. The summed E-state index contributed by atoms with van der Waals surface area (Å²) < 4.78 is 14.1. The molecule has 0 amide bonds. The number of phenolic OH excluding ortho intramolecular Hbond substituents is 2. The van der Waals surface area contributed by atoms with Gasteiger partial charge in [-0.15, -0.1) is 0 Å². The lowest BCUT2D eigenvalue weighted by atomic mass is 10.3. The number of nitrogens with two attached hydrogens (primary N) is 2. The molecule has 0 saturated carbocycles. The molecule has 122 valence electrons. The van der Waals surface area contributed by atoms with Crippen LogP contribution in [0, 0.1) is 0 Å². The molecule has 6 heteroatoms. The zero-order valence-corrected chi connectivity index (χ0v) is 13.6. The quantitative estimate of drug-likeness (QED) is 0.331. The number of anilines is 2. The fourth-order valence-corrected chi connectivity index (χ4v) is 5.26. The molecule has 0 fully saturated rings. The minimum Gasteiger partial charge on any atom is -0.506 e. The molecule has 0 aromatic heterocycles. The van der Waals surface area contributed by atoms with Crippen LogP contribution >= 0.6 is 7.14 Å². The maximum Gasteiger partial charge on any atom is 0.171 e. The lowest BCUT2D eigenvalue weighted by Crippen LogP contribution is -2.25. The van der Waals surface area contributed by atoms with Crippen molar-refractivity contribution in [3.05, 3.63) is 66.7 Å². The Kier molecular flexibility index (Phi) is 3.96. The van der Waals surface area contributed by atoms with Gasteiger partial charge in [-0.1, -0.05) is 30.3 Å². The topological polar surface area (TPSA) is 110 Å². The van der Waals surface area contributed by atoms with Gasteiger partial charge in [0, 0.05) is 15.9 Å². The van der Waals surface area contributed by atoms with Crippen LogP contribution in [0.15, 0.2) is 66.7 Å². The van der Waals surface area contributed by atoms with Gasteiger partial charge in [0.05, 0.1) is 11.4 Å². The number of rotatable bonds is 3. The van der Waals surface area contributed by atoms with Crippen molar-refractivity contribution < 1.29 is 14.8 Å². The van der Waals surface area contributed by atoms with E-state index in [1.165, 1.54) is 24.3 Å². The summed E-state index contributed by atoms with van der Waals surface area (Å²) in [7, 11) is -3.25. The van der Waals surface area contributed by atoms with E-state index in [9.17, 15) is 14.8 Å². The molecule has 0 spiro atoms. The molecule has 3 rings (SSSR count). The smallest absolute Gasteiger partial charge is 0.171 e. The third kappa shape index (κ3) is 2.59. The molecule has 0 saturated heterocycles. The third-order valence-corrected chi connectivity index (χ3v) is 6.91. The number of aromatic hydroxyl groups is 2. The van der Waals surface area contributed by atoms with E-state index in [-0.39, 0.29) is 22.9 Å². The number of nitrogen functional groups attached to an aromatic ring is 2. The molecule has 0 aliphatic carbocycles. The van der Waals surface area contributed by atoms with Crippen LogP contribution in [0.4, 0.5) is 11.4 Å². The van der Waals surface area contributed by atoms with E-state index in [1.54, 1.807) is 36.4 Å². The molecule has 0 radical (unpaired) electrons. The van der Waals surface area contributed by atoms with Gasteiger partial charge in [0.2, 0.25) is 0 Å². The summed E-state index contributed by atoms with van der Waals surface area (Å²) >= 11 is 0. The summed E-state index contributed by atoms with van der Waals surface area (Å²) in [5, 5.41) is 20.9. The zero-order valence-electron chi connectivity index (χ0n) is 12.8. The lowest BCUT2D eigenvalue weighted by Gasteiger charge is -2.21. The van der Waals surface area contributed by atoms with E-state index < -0.39 is 7.14 Å². The highest BCUT2D eigenvalue weighted by molar-refractivity contribution is 7.85. The average Bonchev–Trinajstić information content (AvgIpc) is 2.60. The van der Waals surface area contributed by atoms with E-state index in [0.29, 0.717) is 15.9 Å². The van der Waals surface area contributed by atoms with E-state index in [2.05, 4.69) is 0 Å². The van der Waals surface area contributed by atoms with Crippen molar-refractivity contribution in [2.75, 3.05) is 11.5 Å². The summed E-state index contributed by atoms with van der Waals surface area (Å²) in [5.74, 6) is -0.132. The van der Waals surface area contributed by atoms with Crippen LogP contribution in [0.2, 0.25) is 0 Å². The van der Waals surface area contributed by atoms with Gasteiger partial charge in [0.25, 0.3) is 0 Å². The molecular formula is C18H17N2O3P. The predicted molar refractivity (Wildman–Crippen MR) is 98.0 cm³/mol. The van der Waals surface area contributed by atoms with Crippen molar-refractivity contribution in [1.82, 2.24) is 0 Å². The van der Waals surface area contributed by atoms with Crippen LogP contribution < -0.4 is 27.4 Å². The molecule has 0 unspecified atom stereocenters. The van der Waals surface area contributed by atoms with Crippen molar-refractivity contribution in [3.8, 4) is 11.5 Å². The molecule has 24 heavy (non-hydrogen) atoms. The summed E-state index contributed by atoms with van der Waals surface area (Å²) in [4.78, 5) is 0. The van der Waals surface area contributed by atoms with E-state index >= 15 is 0 Å². The van der Waals surface area contributed by atoms with Gasteiger partial charge in [-0.2, -0.15) is 0 Å². The zero-order chi connectivity index (χ0) is 17.3. The highest BCUT2D eigenvalue weighted by Gasteiger charge is 2.30. The molecule has 5 nitrogen and oxygen atoms in total. The molecule has 3 aromatic rings. The van der Waals surface area contributed by atoms with Gasteiger partial charge in [-0.05, 0) is 36.4 Å². The number of benzene rings is 3. The van der Waals surface area contributed by atoms with Crippen molar-refractivity contribution >= 4 is 34.4 Å². The summed E-state index contributed by atoms with van der Waals surface area (Å²) in [6, 6.07) is 18.0. The molecular weight excluding hydrogens is 323 g/mol. The largest absolute Gasteiger partial charge is 0.506 e. The van der Waals surface area contributed by atoms with Gasteiger partial charge in [-0.25, -0.2) is 0 Å². The fourth-order valence-electron chi connectivity index (χ4n) is 2.56. The van der Waals surface area contributed by atoms with Crippen LogP contribution in [-0.2, 0) is 4.57 Å². The Morgan fingerprint density at radius 3 is 1.54 bits per heavy atom. The molecule has 0 bridgehead atoms. The lowest BCUT2D eigenvalue weighted by molar-refractivity contribution is 0.477. The second kappa shape index (κ2) is 5.95. The Morgan fingerprint density at radius 2 is 1.12 bits per heavy atom. The molecule has 0 aliphatic heterocycles. The number of phenols is 2. The Hall–Kier alpha value is -2.91. The Labute approximate surface area is 139 Å². The van der Waals surface area contributed by atoms with Crippen molar-refractivity contribution in [1.29, 1.82) is 0 Å².